The Kier molecular flexibility index (Phi) is 4.79. The van der Waals surface area contributed by atoms with E-state index in [2.05, 4.69) is 5.32 Å². The van der Waals surface area contributed by atoms with Gasteiger partial charge in [0, 0.05) is 10.3 Å². The second-order valence-corrected chi connectivity index (χ2v) is 10.4. The molecule has 3 aromatic carbocycles. The van der Waals surface area contributed by atoms with Gasteiger partial charge >= 0.3 is 0 Å². The molecule has 5 nitrogen and oxygen atoms in total. The average Bonchev–Trinajstić information content (AvgIpc) is 3.36. The van der Waals surface area contributed by atoms with Gasteiger partial charge in [0.05, 0.1) is 16.6 Å². The summed E-state index contributed by atoms with van der Waals surface area (Å²) >= 11 is 1.55. The average molecular weight is 449 g/mol. The van der Waals surface area contributed by atoms with E-state index in [-0.39, 0.29) is 23.4 Å². The number of anilines is 1. The standard InChI is InChI=1S/C24H20N2O3S2/c1-16-10-12-18(13-11-16)24(20-8-4-14-30-20)25-22(27)15-26-19-7-2-5-17-6-3-9-21(23(17)19)31(26,28)29/h2-14,24H,15H2,1H3,(H,25,27). The maximum absolute atomic E-state index is 13.2. The van der Waals surface area contributed by atoms with Crippen LogP contribution in [0.15, 0.2) is 83.1 Å². The molecule has 1 N–H and O–H groups in total. The number of aryl methyl sites for hydroxylation is 1. The van der Waals surface area contributed by atoms with Gasteiger partial charge in [-0.25, -0.2) is 8.42 Å². The Morgan fingerprint density at radius 2 is 1.74 bits per heavy atom. The molecule has 1 aliphatic heterocycles. The van der Waals surface area contributed by atoms with Crippen LogP contribution in [0, 0.1) is 6.92 Å². The van der Waals surface area contributed by atoms with E-state index < -0.39 is 10.0 Å². The normalized spacial score (nSPS) is 15.2. The van der Waals surface area contributed by atoms with Gasteiger partial charge in [0.15, 0.2) is 0 Å². The smallest absolute Gasteiger partial charge is 0.265 e. The Bertz CT molecular complexity index is 1370. The van der Waals surface area contributed by atoms with E-state index in [9.17, 15) is 13.2 Å². The Balaban J connectivity index is 1.46. The lowest BCUT2D eigenvalue weighted by Gasteiger charge is -2.22. The van der Waals surface area contributed by atoms with Crippen molar-refractivity contribution in [3.05, 3.63) is 94.2 Å². The van der Waals surface area contributed by atoms with Crippen LogP contribution in [-0.2, 0) is 14.8 Å². The number of nitrogens with zero attached hydrogens (tertiary/aromatic N) is 1. The molecule has 5 rings (SSSR count). The largest absolute Gasteiger partial charge is 0.343 e. The van der Waals surface area contributed by atoms with Crippen LogP contribution in [-0.4, -0.2) is 20.9 Å². The molecule has 0 saturated heterocycles. The molecule has 0 saturated carbocycles. The number of sulfonamides is 1. The lowest BCUT2D eigenvalue weighted by atomic mass is 10.0. The fourth-order valence-corrected chi connectivity index (χ4v) is 6.47. The van der Waals surface area contributed by atoms with Gasteiger partial charge in [0.25, 0.3) is 10.0 Å². The maximum atomic E-state index is 13.2. The molecule has 31 heavy (non-hydrogen) atoms. The third-order valence-electron chi connectivity index (χ3n) is 5.51. The number of amides is 1. The molecule has 156 valence electrons. The van der Waals surface area contributed by atoms with Gasteiger partial charge in [-0.05, 0) is 41.5 Å². The van der Waals surface area contributed by atoms with Crippen molar-refractivity contribution in [2.24, 2.45) is 0 Å². The SMILES string of the molecule is Cc1ccc(C(NC(=O)CN2c3cccc4cccc(c34)S2(=O)=O)c2cccs2)cc1. The van der Waals surface area contributed by atoms with E-state index in [1.54, 1.807) is 29.5 Å². The number of rotatable bonds is 5. The number of nitrogens with one attached hydrogen (secondary N) is 1. The molecule has 0 aliphatic carbocycles. The second-order valence-electron chi connectivity index (χ2n) is 7.57. The highest BCUT2D eigenvalue weighted by atomic mass is 32.2. The molecule has 1 unspecified atom stereocenters. The van der Waals surface area contributed by atoms with E-state index in [4.69, 9.17) is 0 Å². The summed E-state index contributed by atoms with van der Waals surface area (Å²) in [6.07, 6.45) is 0. The number of hydrogen-bond acceptors (Lipinski definition) is 4. The lowest BCUT2D eigenvalue weighted by molar-refractivity contribution is -0.120. The first kappa shape index (κ1) is 19.8. The Labute approximate surface area is 185 Å². The van der Waals surface area contributed by atoms with Crippen molar-refractivity contribution >= 4 is 43.7 Å². The molecule has 0 radical (unpaired) electrons. The van der Waals surface area contributed by atoms with Crippen LogP contribution >= 0.6 is 11.3 Å². The number of thiophene rings is 1. The van der Waals surface area contributed by atoms with E-state index in [1.807, 2.05) is 66.9 Å². The van der Waals surface area contributed by atoms with Gasteiger partial charge in [0.2, 0.25) is 5.91 Å². The third kappa shape index (κ3) is 3.40. The van der Waals surface area contributed by atoms with Gasteiger partial charge in [-0.1, -0.05) is 60.2 Å². The van der Waals surface area contributed by atoms with Crippen LogP contribution in [0.3, 0.4) is 0 Å². The minimum Gasteiger partial charge on any atom is -0.343 e. The summed E-state index contributed by atoms with van der Waals surface area (Å²) in [6, 6.07) is 22.2. The molecular formula is C24H20N2O3S2. The van der Waals surface area contributed by atoms with Crippen LogP contribution in [0.2, 0.25) is 0 Å². The second kappa shape index (κ2) is 7.51. The van der Waals surface area contributed by atoms with Crippen LogP contribution in [0.1, 0.15) is 22.0 Å². The Morgan fingerprint density at radius 3 is 2.45 bits per heavy atom. The zero-order valence-electron chi connectivity index (χ0n) is 16.8. The monoisotopic (exact) mass is 448 g/mol. The molecule has 0 fully saturated rings. The third-order valence-corrected chi connectivity index (χ3v) is 8.25. The van der Waals surface area contributed by atoms with Crippen molar-refractivity contribution in [2.75, 3.05) is 10.8 Å². The summed E-state index contributed by atoms with van der Waals surface area (Å²) in [5.41, 5.74) is 2.64. The summed E-state index contributed by atoms with van der Waals surface area (Å²) in [4.78, 5) is 14.3. The quantitative estimate of drug-likeness (QED) is 0.484. The first-order valence-electron chi connectivity index (χ1n) is 9.89. The number of carbonyl (C=O) groups is 1. The van der Waals surface area contributed by atoms with Gasteiger partial charge in [0.1, 0.15) is 6.54 Å². The van der Waals surface area contributed by atoms with E-state index in [1.165, 1.54) is 4.31 Å². The molecule has 2 heterocycles. The highest BCUT2D eigenvalue weighted by Gasteiger charge is 2.37. The molecule has 4 aromatic rings. The van der Waals surface area contributed by atoms with Gasteiger partial charge in [-0.15, -0.1) is 11.3 Å². The Hall–Kier alpha value is -3.16. The highest BCUT2D eigenvalue weighted by Crippen LogP contribution is 2.41. The highest BCUT2D eigenvalue weighted by molar-refractivity contribution is 7.93. The minimum atomic E-state index is -3.78. The predicted molar refractivity (Wildman–Crippen MR) is 124 cm³/mol. The zero-order valence-corrected chi connectivity index (χ0v) is 18.4. The first-order valence-corrected chi connectivity index (χ1v) is 12.2. The van der Waals surface area contributed by atoms with Crippen molar-refractivity contribution in [3.8, 4) is 0 Å². The number of hydrogen-bond donors (Lipinski definition) is 1. The Morgan fingerprint density at radius 1 is 1.00 bits per heavy atom. The molecule has 1 amide bonds. The van der Waals surface area contributed by atoms with Gasteiger partial charge < -0.3 is 5.32 Å². The summed E-state index contributed by atoms with van der Waals surface area (Å²) in [5, 5.41) is 6.52. The molecule has 7 heteroatoms. The summed E-state index contributed by atoms with van der Waals surface area (Å²) < 4.78 is 27.5. The van der Waals surface area contributed by atoms with Gasteiger partial charge in [-0.3, -0.25) is 9.10 Å². The fourth-order valence-electron chi connectivity index (χ4n) is 4.00. The predicted octanol–water partition coefficient (Wildman–Crippen LogP) is 4.62. The van der Waals surface area contributed by atoms with E-state index in [0.29, 0.717) is 11.1 Å². The molecule has 1 atom stereocenters. The summed E-state index contributed by atoms with van der Waals surface area (Å²) in [5.74, 6) is -0.354. The van der Waals surface area contributed by atoms with Crippen molar-refractivity contribution in [3.63, 3.8) is 0 Å². The minimum absolute atomic E-state index is 0.252. The van der Waals surface area contributed by atoms with Crippen molar-refractivity contribution in [2.45, 2.75) is 17.9 Å². The number of benzene rings is 3. The number of carbonyl (C=O) groups excluding carboxylic acids is 1. The maximum Gasteiger partial charge on any atom is 0.265 e. The lowest BCUT2D eigenvalue weighted by Crippen LogP contribution is -2.40. The van der Waals surface area contributed by atoms with E-state index in [0.717, 1.165) is 21.4 Å². The summed E-state index contributed by atoms with van der Waals surface area (Å²) in [6.45, 7) is 1.74. The van der Waals surface area contributed by atoms with Crippen LogP contribution in [0.25, 0.3) is 10.8 Å². The van der Waals surface area contributed by atoms with Crippen molar-refractivity contribution < 1.29 is 13.2 Å². The van der Waals surface area contributed by atoms with Crippen molar-refractivity contribution in [1.82, 2.24) is 5.32 Å². The molecule has 1 aliphatic rings. The topological polar surface area (TPSA) is 66.5 Å². The van der Waals surface area contributed by atoms with Crippen LogP contribution < -0.4 is 9.62 Å². The fraction of sp³-hybridized carbons (Fsp3) is 0.125. The van der Waals surface area contributed by atoms with E-state index >= 15 is 0 Å². The van der Waals surface area contributed by atoms with Crippen LogP contribution in [0.4, 0.5) is 5.69 Å². The molecular weight excluding hydrogens is 428 g/mol. The molecule has 1 aromatic heterocycles. The molecule has 0 bridgehead atoms. The van der Waals surface area contributed by atoms with Crippen molar-refractivity contribution in [1.29, 1.82) is 0 Å². The summed E-state index contributed by atoms with van der Waals surface area (Å²) in [7, 11) is -3.78. The van der Waals surface area contributed by atoms with Gasteiger partial charge in [-0.2, -0.15) is 0 Å². The zero-order chi connectivity index (χ0) is 21.6. The molecule has 0 spiro atoms. The first-order chi connectivity index (χ1) is 14.9. The van der Waals surface area contributed by atoms with Crippen LogP contribution in [0.5, 0.6) is 0 Å².